The maximum Gasteiger partial charge on any atom is 0.126 e. The second kappa shape index (κ2) is 10.4. The zero-order chi connectivity index (χ0) is 30.6. The van der Waals surface area contributed by atoms with Crippen LogP contribution in [0.5, 0.6) is 0 Å². The topological polar surface area (TPSA) is 60.7 Å². The lowest BCUT2D eigenvalue weighted by Crippen LogP contribution is -2.35. The number of allylic oxidation sites excluding steroid dienone is 2. The number of rotatable bonds is 0. The van der Waals surface area contributed by atoms with Gasteiger partial charge in [-0.1, -0.05) is 127 Å². The fourth-order valence-electron chi connectivity index (χ4n) is 6.95. The van der Waals surface area contributed by atoms with Crippen LogP contribution in [0.15, 0.2) is 158 Å². The molecule has 45 heavy (non-hydrogen) atoms. The van der Waals surface area contributed by atoms with E-state index in [1.165, 1.54) is 5.56 Å². The highest BCUT2D eigenvalue weighted by Gasteiger charge is 2.38. The SMILES string of the molecule is OC12C=CC(C=C1)c1ccc(cc1)-c1cccc(c1)-c1ccc(cc1)[C@@]1(O)C=C[C@](O)(CC1)c1ccc(cc1)-c1ccc2cc1. The van der Waals surface area contributed by atoms with Crippen molar-refractivity contribution in [3.63, 3.8) is 0 Å². The summed E-state index contributed by atoms with van der Waals surface area (Å²) in [5.41, 5.74) is 6.63. The molecule has 0 radical (unpaired) electrons. The summed E-state index contributed by atoms with van der Waals surface area (Å²) >= 11 is 0. The Balaban J connectivity index is 1.21. The van der Waals surface area contributed by atoms with Crippen LogP contribution in [0.25, 0.3) is 33.4 Å². The molecule has 0 aromatic heterocycles. The summed E-state index contributed by atoms with van der Waals surface area (Å²) in [5.74, 6) is 0.0824. The molecule has 0 aliphatic heterocycles. The van der Waals surface area contributed by atoms with E-state index >= 15 is 0 Å². The van der Waals surface area contributed by atoms with Crippen molar-refractivity contribution in [1.29, 1.82) is 0 Å². The molecule has 17 rings (SSSR count). The maximum absolute atomic E-state index is 11.6. The Labute approximate surface area is 263 Å². The van der Waals surface area contributed by atoms with Crippen molar-refractivity contribution in [3.05, 3.63) is 180 Å². The molecular formula is C42H34O3. The molecule has 0 heterocycles. The first-order chi connectivity index (χ1) is 21.8. The lowest BCUT2D eigenvalue weighted by Gasteiger charge is -2.36. The van der Waals surface area contributed by atoms with Crippen LogP contribution in [0.3, 0.4) is 0 Å². The standard InChI is InChI=1S/C42H34O3/c43-40-22-20-34(21-23-40)29-4-6-32(7-5-29)35-2-1-3-36(28-35)33-12-18-39(19-13-33)42(45)26-24-41(44,25-27-42)38-16-10-31(11-17-38)30-8-14-37(40)15-9-30/h1-24,26,28,34,43-45H,25,27H2/t34?,40?,41-,42+/m0/s1. The number of aliphatic hydroxyl groups is 3. The van der Waals surface area contributed by atoms with Gasteiger partial charge in [0.15, 0.2) is 0 Å². The predicted molar refractivity (Wildman–Crippen MR) is 180 cm³/mol. The Morgan fingerprint density at radius 1 is 0.422 bits per heavy atom. The quantitative estimate of drug-likeness (QED) is 0.159. The average molecular weight is 587 g/mol. The minimum Gasteiger partial charge on any atom is -0.381 e. The average Bonchev–Trinajstić information content (AvgIpc) is 3.10. The van der Waals surface area contributed by atoms with Crippen LogP contribution in [-0.2, 0) is 16.8 Å². The molecule has 14 bridgehead atoms. The summed E-state index contributed by atoms with van der Waals surface area (Å²) in [5, 5.41) is 34.7. The molecule has 2 atom stereocenters. The molecule has 0 saturated carbocycles. The first-order valence-electron chi connectivity index (χ1n) is 15.6. The van der Waals surface area contributed by atoms with Crippen molar-refractivity contribution in [1.82, 2.24) is 0 Å². The molecule has 5 aromatic carbocycles. The van der Waals surface area contributed by atoms with E-state index in [-0.39, 0.29) is 5.92 Å². The minimum absolute atomic E-state index is 0.0824. The van der Waals surface area contributed by atoms with Crippen molar-refractivity contribution in [2.45, 2.75) is 35.6 Å². The van der Waals surface area contributed by atoms with Crippen LogP contribution in [0.4, 0.5) is 0 Å². The largest absolute Gasteiger partial charge is 0.381 e. The highest BCUT2D eigenvalue weighted by Crippen LogP contribution is 2.42. The van der Waals surface area contributed by atoms with E-state index in [4.69, 9.17) is 0 Å². The Bertz CT molecular complexity index is 1950. The molecule has 12 aliphatic rings. The first-order valence-corrected chi connectivity index (χ1v) is 15.6. The lowest BCUT2D eigenvalue weighted by molar-refractivity contribution is 0.00586. The van der Waals surface area contributed by atoms with Crippen molar-refractivity contribution in [2.75, 3.05) is 0 Å². The number of benzene rings is 5. The van der Waals surface area contributed by atoms with E-state index in [2.05, 4.69) is 72.8 Å². The predicted octanol–water partition coefficient (Wildman–Crippen LogP) is 8.52. The van der Waals surface area contributed by atoms with Gasteiger partial charge in [0.2, 0.25) is 0 Å². The van der Waals surface area contributed by atoms with Crippen molar-refractivity contribution in [2.24, 2.45) is 0 Å². The molecule has 0 unspecified atom stereocenters. The van der Waals surface area contributed by atoms with Crippen LogP contribution in [0.1, 0.15) is 41.0 Å². The molecule has 3 nitrogen and oxygen atoms in total. The van der Waals surface area contributed by atoms with Gasteiger partial charge in [0, 0.05) is 5.92 Å². The van der Waals surface area contributed by atoms with Gasteiger partial charge in [-0.15, -0.1) is 0 Å². The molecule has 0 amide bonds. The Morgan fingerprint density at radius 3 is 1.27 bits per heavy atom. The second-order valence-corrected chi connectivity index (χ2v) is 12.7. The lowest BCUT2D eigenvalue weighted by atomic mass is 9.75. The molecule has 3 N–H and O–H groups in total. The van der Waals surface area contributed by atoms with Gasteiger partial charge >= 0.3 is 0 Å². The van der Waals surface area contributed by atoms with Crippen LogP contribution in [0, 0.1) is 0 Å². The smallest absolute Gasteiger partial charge is 0.126 e. The molecule has 5 aromatic rings. The second-order valence-electron chi connectivity index (χ2n) is 12.7. The van der Waals surface area contributed by atoms with Gasteiger partial charge in [-0.25, -0.2) is 0 Å². The zero-order valence-corrected chi connectivity index (χ0v) is 24.8. The van der Waals surface area contributed by atoms with Gasteiger partial charge in [0.05, 0.1) is 0 Å². The number of hydrogen-bond acceptors (Lipinski definition) is 3. The Kier molecular flexibility index (Phi) is 6.40. The maximum atomic E-state index is 11.6. The normalized spacial score (nSPS) is 26.2. The van der Waals surface area contributed by atoms with Crippen LogP contribution in [0.2, 0.25) is 0 Å². The molecule has 3 heteroatoms. The Hall–Kier alpha value is -4.80. The summed E-state index contributed by atoms with van der Waals surface area (Å²) in [6.07, 6.45) is 12.2. The minimum atomic E-state index is -1.17. The van der Waals surface area contributed by atoms with Gasteiger partial charge in [0.25, 0.3) is 0 Å². The van der Waals surface area contributed by atoms with Gasteiger partial charge in [-0.3, -0.25) is 0 Å². The molecule has 0 saturated heterocycles. The van der Waals surface area contributed by atoms with E-state index in [0.717, 1.165) is 50.1 Å². The summed E-state index contributed by atoms with van der Waals surface area (Å²) in [4.78, 5) is 0. The van der Waals surface area contributed by atoms with Crippen LogP contribution >= 0.6 is 0 Å². The molecule has 220 valence electrons. The van der Waals surface area contributed by atoms with Gasteiger partial charge in [-0.05, 0) is 98.8 Å². The molecule has 0 fully saturated rings. The van der Waals surface area contributed by atoms with E-state index in [9.17, 15) is 15.3 Å². The Morgan fingerprint density at radius 2 is 0.822 bits per heavy atom. The molecule has 0 spiro atoms. The van der Waals surface area contributed by atoms with E-state index in [1.54, 1.807) is 12.2 Å². The summed E-state index contributed by atoms with van der Waals surface area (Å²) in [7, 11) is 0. The third-order valence-electron chi connectivity index (χ3n) is 9.91. The fraction of sp³-hybridized carbons (Fsp3) is 0.143. The summed E-state index contributed by atoms with van der Waals surface area (Å²) in [6.45, 7) is 0. The van der Waals surface area contributed by atoms with Gasteiger partial charge in [-0.2, -0.15) is 0 Å². The van der Waals surface area contributed by atoms with Crippen molar-refractivity contribution < 1.29 is 15.3 Å². The van der Waals surface area contributed by atoms with E-state index < -0.39 is 16.8 Å². The monoisotopic (exact) mass is 586 g/mol. The van der Waals surface area contributed by atoms with Crippen molar-refractivity contribution in [3.8, 4) is 33.4 Å². The summed E-state index contributed by atoms with van der Waals surface area (Å²) < 4.78 is 0. The highest BCUT2D eigenvalue weighted by atomic mass is 16.3. The third-order valence-corrected chi connectivity index (χ3v) is 9.91. The van der Waals surface area contributed by atoms with Gasteiger partial charge < -0.3 is 15.3 Å². The van der Waals surface area contributed by atoms with E-state index in [1.807, 2.05) is 72.8 Å². The number of hydrogen-bond donors (Lipinski definition) is 3. The zero-order valence-electron chi connectivity index (χ0n) is 24.8. The third kappa shape index (κ3) is 4.90. The van der Waals surface area contributed by atoms with Gasteiger partial charge in [0.1, 0.15) is 16.8 Å². The highest BCUT2D eigenvalue weighted by molar-refractivity contribution is 5.73. The summed E-state index contributed by atoms with van der Waals surface area (Å²) in [6, 6.07) is 41.2. The molecular weight excluding hydrogens is 552 g/mol. The fourth-order valence-corrected chi connectivity index (χ4v) is 6.95. The van der Waals surface area contributed by atoms with Crippen LogP contribution in [-0.4, -0.2) is 15.3 Å². The molecule has 12 aliphatic carbocycles. The van der Waals surface area contributed by atoms with Crippen LogP contribution < -0.4 is 0 Å². The van der Waals surface area contributed by atoms with E-state index in [0.29, 0.717) is 12.8 Å². The first kappa shape index (κ1) is 27.7. The van der Waals surface area contributed by atoms with Crippen molar-refractivity contribution >= 4 is 0 Å².